The van der Waals surface area contributed by atoms with Gasteiger partial charge in [-0.05, 0) is 36.6 Å². The van der Waals surface area contributed by atoms with Gasteiger partial charge >= 0.3 is 0 Å². The summed E-state index contributed by atoms with van der Waals surface area (Å²) in [7, 11) is 1.52. The molecule has 0 aliphatic heterocycles. The van der Waals surface area contributed by atoms with Gasteiger partial charge in [0.15, 0.2) is 0 Å². The highest BCUT2D eigenvalue weighted by molar-refractivity contribution is 5.81. The fourth-order valence-electron chi connectivity index (χ4n) is 3.81. The number of rotatable bonds is 4. The lowest BCUT2D eigenvalue weighted by molar-refractivity contribution is 0.415. The Kier molecular flexibility index (Phi) is 5.34. The predicted molar refractivity (Wildman–Crippen MR) is 121 cm³/mol. The molecular weight excluding hydrogens is 422 g/mol. The molecule has 0 unspecified atom stereocenters. The Morgan fingerprint density at radius 2 is 1.88 bits per heavy atom. The van der Waals surface area contributed by atoms with Gasteiger partial charge in [0.05, 0.1) is 12.3 Å². The monoisotopic (exact) mass is 441 g/mol. The molecule has 0 saturated carbocycles. The molecule has 0 radical (unpaired) electrons. The lowest BCUT2D eigenvalue weighted by Gasteiger charge is -2.20. The molecule has 1 aromatic carbocycles. The number of ether oxygens (including phenoxy) is 1. The minimum absolute atomic E-state index is 0.0221. The molecule has 4 rings (SSSR count). The number of hydrogen-bond acceptors (Lipinski definition) is 9. The second-order valence-electron chi connectivity index (χ2n) is 7.24. The zero-order valence-corrected chi connectivity index (χ0v) is 17.6. The van der Waals surface area contributed by atoms with Crippen molar-refractivity contribution in [2.75, 3.05) is 24.0 Å². The maximum Gasteiger partial charge on any atom is 0.289 e. The van der Waals surface area contributed by atoms with Crippen LogP contribution >= 0.6 is 0 Å². The van der Waals surface area contributed by atoms with Crippen molar-refractivity contribution in [1.29, 1.82) is 15.9 Å². The van der Waals surface area contributed by atoms with Crippen molar-refractivity contribution >= 4 is 23.3 Å². The van der Waals surface area contributed by atoms with E-state index in [1.165, 1.54) is 13.2 Å². The molecule has 0 amide bonds. The van der Waals surface area contributed by atoms with Crippen LogP contribution in [0.5, 0.6) is 5.75 Å². The fraction of sp³-hybridized carbons (Fsp3) is 0.130. The smallest absolute Gasteiger partial charge is 0.289 e. The van der Waals surface area contributed by atoms with Gasteiger partial charge < -0.3 is 20.6 Å². The Hall–Kier alpha value is -4.96. The molecule has 0 saturated heterocycles. The van der Waals surface area contributed by atoms with Crippen LogP contribution in [0.15, 0.2) is 39.5 Å². The van der Waals surface area contributed by atoms with E-state index in [9.17, 15) is 15.3 Å². The van der Waals surface area contributed by atoms with Crippen molar-refractivity contribution in [2.24, 2.45) is 0 Å². The molecule has 10 heteroatoms. The van der Waals surface area contributed by atoms with E-state index < -0.39 is 5.56 Å². The zero-order chi connectivity index (χ0) is 23.7. The van der Waals surface area contributed by atoms with Gasteiger partial charge in [-0.15, -0.1) is 0 Å². The Morgan fingerprint density at radius 3 is 2.52 bits per heavy atom. The Balaban J connectivity index is 1.98. The Labute approximate surface area is 187 Å². The molecule has 3 aromatic rings. The van der Waals surface area contributed by atoms with Crippen LogP contribution in [-0.4, -0.2) is 11.8 Å². The first-order valence-corrected chi connectivity index (χ1v) is 9.87. The van der Waals surface area contributed by atoms with E-state index in [-0.39, 0.29) is 28.1 Å². The number of nitrogen functional groups attached to an aromatic ring is 2. The molecule has 0 fully saturated rings. The Morgan fingerprint density at radius 1 is 1.18 bits per heavy atom. The molecule has 2 heterocycles. The number of fused-ring (bicyclic) bond motifs is 1. The van der Waals surface area contributed by atoms with Crippen LogP contribution < -0.4 is 43.4 Å². The average molecular weight is 441 g/mol. The van der Waals surface area contributed by atoms with Crippen molar-refractivity contribution in [1.82, 2.24) is 4.68 Å². The number of hydrogen-bond donors (Lipinski definition) is 4. The summed E-state index contributed by atoms with van der Waals surface area (Å²) in [6.07, 6.45) is 2.84. The normalized spacial score (nSPS) is 12.2. The molecular formula is C23H19N7O3. The largest absolute Gasteiger partial charge is 0.497 e. The van der Waals surface area contributed by atoms with Crippen LogP contribution in [0.2, 0.25) is 0 Å². The lowest BCUT2D eigenvalue weighted by atomic mass is 9.96. The van der Waals surface area contributed by atoms with Gasteiger partial charge in [-0.1, -0.05) is 12.1 Å². The van der Waals surface area contributed by atoms with E-state index in [0.717, 1.165) is 4.68 Å². The van der Waals surface area contributed by atoms with Crippen LogP contribution in [0.4, 0.5) is 11.5 Å². The molecule has 2 aromatic heterocycles. The third-order valence-corrected chi connectivity index (χ3v) is 5.33. The highest BCUT2D eigenvalue weighted by Crippen LogP contribution is 2.30. The van der Waals surface area contributed by atoms with Gasteiger partial charge in [0.25, 0.3) is 5.56 Å². The maximum absolute atomic E-state index is 13.3. The number of pyridine rings is 1. The highest BCUT2D eigenvalue weighted by Gasteiger charge is 2.23. The fourth-order valence-corrected chi connectivity index (χ4v) is 3.81. The summed E-state index contributed by atoms with van der Waals surface area (Å²) in [6, 6.07) is 11.9. The highest BCUT2D eigenvalue weighted by atomic mass is 16.5. The second kappa shape index (κ2) is 8.29. The number of methoxy groups -OCH3 is 1. The Bertz CT molecular complexity index is 1600. The number of nitriles is 2. The summed E-state index contributed by atoms with van der Waals surface area (Å²) < 4.78 is 11.6. The summed E-state index contributed by atoms with van der Waals surface area (Å²) in [5.41, 5.74) is 16.1. The molecule has 10 nitrogen and oxygen atoms in total. The van der Waals surface area contributed by atoms with Crippen molar-refractivity contribution < 1.29 is 9.15 Å². The zero-order valence-electron chi connectivity index (χ0n) is 17.6. The van der Waals surface area contributed by atoms with Crippen LogP contribution in [0, 0.1) is 28.1 Å². The van der Waals surface area contributed by atoms with Crippen LogP contribution in [0.3, 0.4) is 0 Å². The molecule has 0 bridgehead atoms. The number of nitrogens with two attached hydrogens (primary N) is 2. The van der Waals surface area contributed by atoms with E-state index in [1.807, 2.05) is 12.1 Å². The minimum atomic E-state index is -0.712. The van der Waals surface area contributed by atoms with E-state index in [1.54, 1.807) is 30.3 Å². The van der Waals surface area contributed by atoms with Crippen LogP contribution in [0.25, 0.3) is 22.9 Å². The second-order valence-corrected chi connectivity index (χ2v) is 7.24. The number of anilines is 2. The van der Waals surface area contributed by atoms with Gasteiger partial charge in [-0.2, -0.15) is 10.5 Å². The van der Waals surface area contributed by atoms with Crippen LogP contribution in [0.1, 0.15) is 24.0 Å². The van der Waals surface area contributed by atoms with Crippen molar-refractivity contribution in [3.05, 3.63) is 68.0 Å². The minimum Gasteiger partial charge on any atom is -0.497 e. The predicted octanol–water partition coefficient (Wildman–Crippen LogP) is 0.430. The van der Waals surface area contributed by atoms with Gasteiger partial charge in [0.2, 0.25) is 5.55 Å². The van der Waals surface area contributed by atoms with Gasteiger partial charge in [-0.3, -0.25) is 15.6 Å². The maximum atomic E-state index is 13.3. The number of benzene rings is 1. The third-order valence-electron chi connectivity index (χ3n) is 5.33. The molecule has 1 aliphatic rings. The molecule has 6 N–H and O–H groups in total. The summed E-state index contributed by atoms with van der Waals surface area (Å²) >= 11 is 0. The van der Waals surface area contributed by atoms with Crippen molar-refractivity contribution in [2.45, 2.75) is 12.8 Å². The first-order valence-electron chi connectivity index (χ1n) is 9.87. The topological polar surface area (TPSA) is 180 Å². The first kappa shape index (κ1) is 21.3. The summed E-state index contributed by atoms with van der Waals surface area (Å²) in [6.45, 7) is 0. The summed E-state index contributed by atoms with van der Waals surface area (Å²) in [5, 5.41) is 27.9. The number of aromatic nitrogens is 1. The number of nitrogens with one attached hydrogen (secondary N) is 2. The standard InChI is InChI=1S/C23H19N7O3/c1-32-13-7-5-12(6-8-13)20-14(10-24)22(28)30(23(31)15(20)11-25)29-17-3-2-4-18-21(17)16(26)9-19(27)33-18/h4-9,27,29H,2-3,26,28H2,1H3. The third kappa shape index (κ3) is 3.56. The first-order chi connectivity index (χ1) is 15.9. The SMILES string of the molecule is COc1ccc(-c2c(C#N)c(N)n(NC3=c4c(N)cc(=N)oc4=CCC3)c(=O)c2C#N)cc1. The molecule has 1 aliphatic carbocycles. The van der Waals surface area contributed by atoms with Gasteiger partial charge in [0.1, 0.15) is 40.2 Å². The van der Waals surface area contributed by atoms with Crippen molar-refractivity contribution in [3.63, 3.8) is 0 Å². The van der Waals surface area contributed by atoms with Gasteiger partial charge in [0, 0.05) is 23.0 Å². The quantitative estimate of drug-likeness (QED) is 0.450. The molecule has 33 heavy (non-hydrogen) atoms. The van der Waals surface area contributed by atoms with Crippen molar-refractivity contribution in [3.8, 4) is 29.0 Å². The molecule has 164 valence electrons. The summed E-state index contributed by atoms with van der Waals surface area (Å²) in [5.74, 6) is 0.435. The molecule has 0 atom stereocenters. The van der Waals surface area contributed by atoms with E-state index >= 15 is 0 Å². The average Bonchev–Trinajstić information content (AvgIpc) is 2.81. The number of nitrogens with zero attached hydrogens (tertiary/aromatic N) is 3. The van der Waals surface area contributed by atoms with E-state index in [2.05, 4.69) is 5.43 Å². The van der Waals surface area contributed by atoms with Crippen LogP contribution in [-0.2, 0) is 0 Å². The summed E-state index contributed by atoms with van der Waals surface area (Å²) in [4.78, 5) is 13.3. The lowest BCUT2D eigenvalue weighted by Crippen LogP contribution is -2.41. The van der Waals surface area contributed by atoms with E-state index in [4.69, 9.17) is 26.0 Å². The van der Waals surface area contributed by atoms with Gasteiger partial charge in [-0.25, -0.2) is 4.68 Å². The molecule has 0 spiro atoms. The van der Waals surface area contributed by atoms with E-state index in [0.29, 0.717) is 46.2 Å².